The van der Waals surface area contributed by atoms with E-state index in [-0.39, 0.29) is 21.3 Å². The van der Waals surface area contributed by atoms with Gasteiger partial charge in [-0.3, -0.25) is 0 Å². The number of hydrogen-bond donors (Lipinski definition) is 1. The number of hydrogen-bond acceptors (Lipinski definition) is 2. The van der Waals surface area contributed by atoms with E-state index in [0.29, 0.717) is 0 Å². The Morgan fingerprint density at radius 3 is 2.29 bits per heavy atom. The van der Waals surface area contributed by atoms with E-state index in [1.807, 2.05) is 0 Å². The van der Waals surface area contributed by atoms with Crippen LogP contribution in [-0.4, -0.2) is 14.2 Å². The van der Waals surface area contributed by atoms with Gasteiger partial charge in [0.25, 0.3) is 0 Å². The summed E-state index contributed by atoms with van der Waals surface area (Å²) in [6.07, 6.45) is 0. The summed E-state index contributed by atoms with van der Waals surface area (Å²) in [6.45, 7) is 0. The molecule has 0 fully saturated rings. The van der Waals surface area contributed by atoms with Gasteiger partial charge in [-0.2, -0.15) is 0 Å². The number of benzene rings is 2. The van der Waals surface area contributed by atoms with E-state index in [9.17, 15) is 13.2 Å². The van der Waals surface area contributed by atoms with Crippen LogP contribution in [-0.2, 0) is 0 Å². The van der Waals surface area contributed by atoms with Crippen LogP contribution in [0.2, 0.25) is 0 Å². The van der Waals surface area contributed by atoms with Crippen LogP contribution in [0.3, 0.4) is 0 Å². The van der Waals surface area contributed by atoms with Gasteiger partial charge in [-0.05, 0) is 25.2 Å². The second-order valence-electron chi connectivity index (χ2n) is 4.37. The van der Waals surface area contributed by atoms with Crippen LogP contribution in [0.1, 0.15) is 17.2 Å². The van der Waals surface area contributed by atoms with Gasteiger partial charge in [0.1, 0.15) is 11.6 Å². The zero-order chi connectivity index (χ0) is 15.6. The van der Waals surface area contributed by atoms with Gasteiger partial charge >= 0.3 is 0 Å². The van der Waals surface area contributed by atoms with Gasteiger partial charge in [-0.15, -0.1) is 0 Å². The summed E-state index contributed by atoms with van der Waals surface area (Å²) in [7, 11) is 2.84. The molecule has 2 rings (SSSR count). The van der Waals surface area contributed by atoms with Crippen molar-refractivity contribution in [1.29, 1.82) is 0 Å². The van der Waals surface area contributed by atoms with Gasteiger partial charge in [0, 0.05) is 15.6 Å². The zero-order valence-corrected chi connectivity index (χ0v) is 13.0. The van der Waals surface area contributed by atoms with E-state index < -0.39 is 23.5 Å². The first-order valence-electron chi connectivity index (χ1n) is 6.13. The number of halogens is 4. The van der Waals surface area contributed by atoms with Crippen molar-refractivity contribution >= 4 is 15.9 Å². The minimum absolute atomic E-state index is 0.0191. The summed E-state index contributed by atoms with van der Waals surface area (Å²) < 4.78 is 47.7. The molecule has 0 amide bonds. The Hall–Kier alpha value is -1.53. The first-order chi connectivity index (χ1) is 9.99. The lowest BCUT2D eigenvalue weighted by Crippen LogP contribution is -2.22. The average molecular weight is 360 g/mol. The van der Waals surface area contributed by atoms with Crippen LogP contribution in [0.15, 0.2) is 34.8 Å². The topological polar surface area (TPSA) is 21.3 Å². The van der Waals surface area contributed by atoms with E-state index in [1.54, 1.807) is 6.07 Å². The molecule has 1 N–H and O–H groups in total. The maximum absolute atomic E-state index is 14.3. The van der Waals surface area contributed by atoms with Crippen molar-refractivity contribution in [3.8, 4) is 5.75 Å². The van der Waals surface area contributed by atoms with Crippen molar-refractivity contribution in [2.45, 2.75) is 6.04 Å². The number of rotatable bonds is 4. The van der Waals surface area contributed by atoms with Crippen LogP contribution in [0.4, 0.5) is 13.2 Å². The molecule has 0 aromatic heterocycles. The fraction of sp³-hybridized carbons (Fsp3) is 0.200. The summed E-state index contributed by atoms with van der Waals surface area (Å²) in [4.78, 5) is 0. The predicted molar refractivity (Wildman–Crippen MR) is 77.9 cm³/mol. The third-order valence-electron chi connectivity index (χ3n) is 3.15. The molecule has 0 aliphatic heterocycles. The minimum Gasteiger partial charge on any atom is -0.494 e. The summed E-state index contributed by atoms with van der Waals surface area (Å²) in [5.74, 6) is -2.15. The second kappa shape index (κ2) is 6.49. The molecule has 0 saturated heterocycles. The van der Waals surface area contributed by atoms with Crippen LogP contribution >= 0.6 is 15.9 Å². The fourth-order valence-electron chi connectivity index (χ4n) is 2.19. The van der Waals surface area contributed by atoms with E-state index in [0.717, 1.165) is 12.1 Å². The third kappa shape index (κ3) is 3.06. The number of methoxy groups -OCH3 is 1. The Morgan fingerprint density at radius 1 is 1.14 bits per heavy atom. The fourth-order valence-corrected chi connectivity index (χ4v) is 2.59. The summed E-state index contributed by atoms with van der Waals surface area (Å²) in [5.41, 5.74) is -0.134. The molecule has 0 aliphatic rings. The molecular formula is C15H13BrF3NO. The molecule has 0 bridgehead atoms. The Labute approximate surface area is 129 Å². The molecule has 21 heavy (non-hydrogen) atoms. The van der Waals surface area contributed by atoms with Gasteiger partial charge in [0.05, 0.1) is 13.2 Å². The van der Waals surface area contributed by atoms with E-state index >= 15 is 0 Å². The molecule has 1 unspecified atom stereocenters. The Morgan fingerprint density at radius 2 is 1.76 bits per heavy atom. The van der Waals surface area contributed by atoms with E-state index in [1.165, 1.54) is 26.3 Å². The molecule has 112 valence electrons. The van der Waals surface area contributed by atoms with Crippen molar-refractivity contribution in [3.63, 3.8) is 0 Å². The van der Waals surface area contributed by atoms with Gasteiger partial charge < -0.3 is 10.1 Å². The van der Waals surface area contributed by atoms with Crippen LogP contribution in [0, 0.1) is 17.5 Å². The first kappa shape index (κ1) is 15.9. The molecule has 0 heterocycles. The monoisotopic (exact) mass is 359 g/mol. The smallest absolute Gasteiger partial charge is 0.170 e. The Bertz CT molecular complexity index is 640. The Kier molecular flexibility index (Phi) is 4.90. The minimum atomic E-state index is -0.965. The summed E-state index contributed by atoms with van der Waals surface area (Å²) >= 11 is 3.02. The van der Waals surface area contributed by atoms with Crippen LogP contribution in [0.25, 0.3) is 0 Å². The van der Waals surface area contributed by atoms with Gasteiger partial charge in [-0.1, -0.05) is 28.1 Å². The van der Waals surface area contributed by atoms with Crippen molar-refractivity contribution < 1.29 is 17.9 Å². The van der Waals surface area contributed by atoms with E-state index in [2.05, 4.69) is 21.2 Å². The standard InChI is InChI=1S/C15H13BrF3NO/c1-20-15(9-4-3-5-12(21-2)14(9)19)13-10(17)6-8(16)7-11(13)18/h3-7,15,20H,1-2H3. The lowest BCUT2D eigenvalue weighted by Gasteiger charge is -2.20. The molecule has 0 saturated carbocycles. The van der Waals surface area contributed by atoms with Crippen LogP contribution < -0.4 is 10.1 Å². The number of ether oxygens (including phenoxy) is 1. The molecule has 1 atom stereocenters. The SMILES string of the molecule is CNC(c1cccc(OC)c1F)c1c(F)cc(Br)cc1F. The summed E-state index contributed by atoms with van der Waals surface area (Å²) in [5, 5.41) is 2.74. The van der Waals surface area contributed by atoms with Gasteiger partial charge in [0.2, 0.25) is 0 Å². The lowest BCUT2D eigenvalue weighted by molar-refractivity contribution is 0.381. The van der Waals surface area contributed by atoms with Crippen LogP contribution in [0.5, 0.6) is 5.75 Å². The molecular weight excluding hydrogens is 347 g/mol. The average Bonchev–Trinajstić information content (AvgIpc) is 2.43. The normalized spacial score (nSPS) is 12.3. The van der Waals surface area contributed by atoms with Gasteiger partial charge in [-0.25, -0.2) is 13.2 Å². The Balaban J connectivity index is 2.61. The highest BCUT2D eigenvalue weighted by Crippen LogP contribution is 2.33. The van der Waals surface area contributed by atoms with Crippen molar-refractivity contribution in [1.82, 2.24) is 5.32 Å². The maximum atomic E-state index is 14.3. The zero-order valence-electron chi connectivity index (χ0n) is 11.4. The molecule has 2 aromatic carbocycles. The maximum Gasteiger partial charge on any atom is 0.170 e. The third-order valence-corrected chi connectivity index (χ3v) is 3.60. The second-order valence-corrected chi connectivity index (χ2v) is 5.28. The number of nitrogens with one attached hydrogen (secondary N) is 1. The molecule has 0 spiro atoms. The first-order valence-corrected chi connectivity index (χ1v) is 6.93. The predicted octanol–water partition coefficient (Wildman–Crippen LogP) is 4.18. The highest BCUT2D eigenvalue weighted by atomic mass is 79.9. The van der Waals surface area contributed by atoms with Crippen molar-refractivity contribution in [2.24, 2.45) is 0 Å². The lowest BCUT2D eigenvalue weighted by atomic mass is 9.97. The summed E-state index contributed by atoms with van der Waals surface area (Å²) in [6, 6.07) is 5.78. The quantitative estimate of drug-likeness (QED) is 0.883. The molecule has 6 heteroatoms. The molecule has 0 radical (unpaired) electrons. The highest BCUT2D eigenvalue weighted by molar-refractivity contribution is 9.10. The largest absolute Gasteiger partial charge is 0.494 e. The van der Waals surface area contributed by atoms with Gasteiger partial charge in [0.15, 0.2) is 11.6 Å². The van der Waals surface area contributed by atoms with E-state index in [4.69, 9.17) is 4.74 Å². The molecule has 2 aromatic rings. The van der Waals surface area contributed by atoms with Crippen molar-refractivity contribution in [3.05, 3.63) is 63.4 Å². The molecule has 0 aliphatic carbocycles. The molecule has 2 nitrogen and oxygen atoms in total. The highest BCUT2D eigenvalue weighted by Gasteiger charge is 2.25. The van der Waals surface area contributed by atoms with Crippen molar-refractivity contribution in [2.75, 3.05) is 14.2 Å².